The van der Waals surface area contributed by atoms with Gasteiger partial charge in [0.05, 0.1) is 0 Å². The van der Waals surface area contributed by atoms with Crippen LogP contribution in [0.2, 0.25) is 6.32 Å². The maximum Gasteiger partial charge on any atom is 0.212 e. The second-order valence-corrected chi connectivity index (χ2v) is 23.0. The third-order valence-electron chi connectivity index (χ3n) is 17.2. The van der Waals surface area contributed by atoms with Crippen LogP contribution in [0.5, 0.6) is 0 Å². The average molecular weight is 782 g/mol. The molecule has 2 heterocycles. The van der Waals surface area contributed by atoms with Gasteiger partial charge >= 0.3 is 0 Å². The van der Waals surface area contributed by atoms with Crippen molar-refractivity contribution in [2.24, 2.45) is 0 Å². The third kappa shape index (κ3) is 4.67. The molecule has 6 aliphatic rings. The quantitative estimate of drug-likeness (QED) is 0.150. The zero-order valence-electron chi connectivity index (χ0n) is 37.9. The Bertz CT molecular complexity index is 2960. The van der Waals surface area contributed by atoms with Crippen molar-refractivity contribution in [1.29, 1.82) is 0 Å². The van der Waals surface area contributed by atoms with Gasteiger partial charge in [0.25, 0.3) is 0 Å². The van der Waals surface area contributed by atoms with Crippen LogP contribution in [0.25, 0.3) is 38.7 Å². The van der Waals surface area contributed by atoms with Crippen molar-refractivity contribution in [3.05, 3.63) is 153 Å². The number of allylic oxidation sites excluding steroid dienone is 1. The van der Waals surface area contributed by atoms with E-state index < -0.39 is 0 Å². The van der Waals surface area contributed by atoms with Gasteiger partial charge in [-0.2, -0.15) is 0 Å². The standard InChI is InChI=1S/C58H60BN/c1-33-27-40-37-17-14-18-39-49-36-16-13-12-15-34(36)19-21-38(49)42(50(37)39)32-59-51(40)48(28-33)60(35-20-22-43-45(29-35)55(4,5)24-23-54(43,2)3)52-41-30-46-47(31-44(41)58(10,11)53(52)59)57(8,9)26-25-56(46,6)7/h12-22,27-31,42H,23-26,32H2,1-11H3/t42-/m0/s1. The first-order valence-corrected chi connectivity index (χ1v) is 23.1. The van der Waals surface area contributed by atoms with Crippen LogP contribution in [0.15, 0.2) is 103 Å². The van der Waals surface area contributed by atoms with Crippen LogP contribution in [0.1, 0.15) is 151 Å². The molecule has 1 nitrogen and oxygen atoms in total. The summed E-state index contributed by atoms with van der Waals surface area (Å²) in [5.41, 5.74) is 27.0. The fourth-order valence-corrected chi connectivity index (χ4v) is 13.7. The Morgan fingerprint density at radius 2 is 1.20 bits per heavy atom. The molecule has 0 unspecified atom stereocenters. The van der Waals surface area contributed by atoms with Crippen molar-refractivity contribution in [1.82, 2.24) is 0 Å². The van der Waals surface area contributed by atoms with Crippen molar-refractivity contribution >= 4 is 40.0 Å². The number of hydrogen-bond donors (Lipinski definition) is 0. The summed E-state index contributed by atoms with van der Waals surface area (Å²) in [4.78, 5) is 2.79. The van der Waals surface area contributed by atoms with Crippen molar-refractivity contribution in [2.45, 2.75) is 141 Å². The highest BCUT2D eigenvalue weighted by Gasteiger charge is 2.54. The van der Waals surface area contributed by atoms with E-state index in [9.17, 15) is 0 Å². The van der Waals surface area contributed by atoms with Crippen LogP contribution >= 0.6 is 0 Å². The highest BCUT2D eigenvalue weighted by Crippen LogP contribution is 2.62. The molecule has 0 aromatic heterocycles. The third-order valence-corrected chi connectivity index (χ3v) is 17.2. The lowest BCUT2D eigenvalue weighted by Crippen LogP contribution is -2.46. The van der Waals surface area contributed by atoms with Crippen LogP contribution in [-0.4, -0.2) is 6.71 Å². The molecule has 0 spiro atoms. The smallest absolute Gasteiger partial charge is 0.212 e. The predicted octanol–water partition coefficient (Wildman–Crippen LogP) is 14.7. The number of fused-ring (bicyclic) bond motifs is 11. The number of hydrogen-bond acceptors (Lipinski definition) is 1. The van der Waals surface area contributed by atoms with Gasteiger partial charge in [-0.25, -0.2) is 0 Å². The molecule has 0 saturated carbocycles. The largest absolute Gasteiger partial charge is 0.311 e. The van der Waals surface area contributed by atoms with Gasteiger partial charge in [0.2, 0.25) is 6.71 Å². The van der Waals surface area contributed by atoms with E-state index in [0.717, 1.165) is 6.32 Å². The van der Waals surface area contributed by atoms with Gasteiger partial charge in [0.1, 0.15) is 0 Å². The summed E-state index contributed by atoms with van der Waals surface area (Å²) in [5, 5.41) is 2.72. The first kappa shape index (κ1) is 37.0. The lowest BCUT2D eigenvalue weighted by atomic mass is 9.31. The fraction of sp³-hybridized carbons (Fsp3) is 0.379. The minimum atomic E-state index is -0.167. The van der Waals surface area contributed by atoms with Crippen LogP contribution in [0, 0.1) is 6.92 Å². The van der Waals surface area contributed by atoms with E-state index in [1.54, 1.807) is 22.2 Å². The number of anilines is 2. The Kier molecular flexibility index (Phi) is 7.12. The molecule has 2 aliphatic heterocycles. The lowest BCUT2D eigenvalue weighted by Gasteiger charge is -2.44. The summed E-state index contributed by atoms with van der Waals surface area (Å²) in [7, 11) is 0. The van der Waals surface area contributed by atoms with Crippen molar-refractivity contribution < 1.29 is 0 Å². The van der Waals surface area contributed by atoms with Crippen molar-refractivity contribution in [3.8, 4) is 22.3 Å². The Balaban J connectivity index is 1.19. The van der Waals surface area contributed by atoms with Gasteiger partial charge in [-0.05, 0) is 162 Å². The number of benzene rings is 6. The SMILES string of the molecule is Cc1cc2c3c(c1)N(c1ccc4c(c1)C(C)(C)CCC4(C)C)C1=C(B3C[C@H]3c4ccc5ccccc5c4-c4cccc-2c43)C(C)(C)c2cc3c(cc21)C(C)(C)CCC3(C)C. The van der Waals surface area contributed by atoms with Gasteiger partial charge in [-0.1, -0.05) is 154 Å². The summed E-state index contributed by atoms with van der Waals surface area (Å²) in [5.74, 6) is 0.319. The molecule has 12 rings (SSSR count). The second kappa shape index (κ2) is 11.6. The second-order valence-electron chi connectivity index (χ2n) is 23.0. The molecule has 0 saturated heterocycles. The molecule has 4 aliphatic carbocycles. The molecular weight excluding hydrogens is 721 g/mol. The Labute approximate surface area is 359 Å². The Morgan fingerprint density at radius 3 is 1.93 bits per heavy atom. The topological polar surface area (TPSA) is 3.24 Å². The molecule has 6 aromatic carbocycles. The Hall–Kier alpha value is -4.82. The van der Waals surface area contributed by atoms with Gasteiger partial charge in [0.15, 0.2) is 0 Å². The van der Waals surface area contributed by atoms with Gasteiger partial charge < -0.3 is 4.90 Å². The molecule has 0 amide bonds. The van der Waals surface area contributed by atoms with Gasteiger partial charge in [-0.15, -0.1) is 0 Å². The van der Waals surface area contributed by atoms with E-state index in [0.29, 0.717) is 5.92 Å². The Morgan fingerprint density at radius 1 is 0.550 bits per heavy atom. The van der Waals surface area contributed by atoms with E-state index in [2.05, 4.69) is 178 Å². The molecule has 300 valence electrons. The predicted molar refractivity (Wildman–Crippen MR) is 257 cm³/mol. The summed E-state index contributed by atoms with van der Waals surface area (Å²) < 4.78 is 0. The van der Waals surface area contributed by atoms with E-state index >= 15 is 0 Å². The number of aryl methyl sites for hydroxylation is 1. The van der Waals surface area contributed by atoms with Crippen LogP contribution in [-0.2, 0) is 27.1 Å². The first-order chi connectivity index (χ1) is 28.4. The molecule has 60 heavy (non-hydrogen) atoms. The van der Waals surface area contributed by atoms with E-state index in [1.807, 2.05) is 0 Å². The average Bonchev–Trinajstić information content (AvgIpc) is 3.59. The number of rotatable bonds is 1. The fourth-order valence-electron chi connectivity index (χ4n) is 13.7. The first-order valence-electron chi connectivity index (χ1n) is 23.1. The van der Waals surface area contributed by atoms with E-state index in [4.69, 9.17) is 0 Å². The summed E-state index contributed by atoms with van der Waals surface area (Å²) in [6.07, 6.45) is 5.93. The molecular formula is C58H60BN. The molecule has 6 aromatic rings. The highest BCUT2D eigenvalue weighted by molar-refractivity contribution is 6.85. The van der Waals surface area contributed by atoms with Crippen LogP contribution in [0.3, 0.4) is 0 Å². The van der Waals surface area contributed by atoms with Gasteiger partial charge in [0, 0.05) is 34.0 Å². The molecule has 2 heteroatoms. The normalized spacial score (nSPS) is 22.3. The summed E-state index contributed by atoms with van der Waals surface area (Å²) in [6, 6.07) is 39.3. The molecule has 0 N–H and O–H groups in total. The summed E-state index contributed by atoms with van der Waals surface area (Å²) >= 11 is 0. The van der Waals surface area contributed by atoms with Crippen LogP contribution in [0.4, 0.5) is 11.4 Å². The molecule has 0 radical (unpaired) electrons. The van der Waals surface area contributed by atoms with Crippen LogP contribution < -0.4 is 10.4 Å². The van der Waals surface area contributed by atoms with Gasteiger partial charge in [-0.3, -0.25) is 0 Å². The zero-order chi connectivity index (χ0) is 41.6. The van der Waals surface area contributed by atoms with Crippen molar-refractivity contribution in [3.63, 3.8) is 0 Å². The van der Waals surface area contributed by atoms with E-state index in [-0.39, 0.29) is 33.8 Å². The zero-order valence-corrected chi connectivity index (χ0v) is 37.9. The molecule has 0 fully saturated rings. The van der Waals surface area contributed by atoms with Crippen molar-refractivity contribution in [2.75, 3.05) is 4.90 Å². The highest BCUT2D eigenvalue weighted by atomic mass is 15.2. The maximum atomic E-state index is 2.79. The monoisotopic (exact) mass is 781 g/mol. The molecule has 0 bridgehead atoms. The van der Waals surface area contributed by atoms with E-state index in [1.165, 1.54) is 115 Å². The maximum absolute atomic E-state index is 2.79. The lowest BCUT2D eigenvalue weighted by molar-refractivity contribution is 0.331. The minimum absolute atomic E-state index is 0.110. The minimum Gasteiger partial charge on any atom is -0.311 e. The molecule has 1 atom stereocenters. The summed E-state index contributed by atoms with van der Waals surface area (Å²) in [6.45, 7) is 27.7. The number of nitrogens with zero attached hydrogens (tertiary/aromatic N) is 1.